The number of ether oxygens (including phenoxy) is 1. The van der Waals surface area contributed by atoms with E-state index in [2.05, 4.69) is 19.9 Å². The fourth-order valence-corrected chi connectivity index (χ4v) is 3.47. The Hall–Kier alpha value is -3.59. The highest BCUT2D eigenvalue weighted by molar-refractivity contribution is 5.49. The maximum absolute atomic E-state index is 12.5. The van der Waals surface area contributed by atoms with Gasteiger partial charge in [0.05, 0.1) is 23.8 Å². The Balaban J connectivity index is 1.60. The third-order valence-electron chi connectivity index (χ3n) is 4.94. The number of pyridine rings is 1. The molecular formula is C20H19N5O4. The van der Waals surface area contributed by atoms with E-state index in [-0.39, 0.29) is 11.2 Å². The molecule has 0 saturated carbocycles. The summed E-state index contributed by atoms with van der Waals surface area (Å²) in [4.78, 5) is 36.9. The van der Waals surface area contributed by atoms with E-state index >= 15 is 0 Å². The summed E-state index contributed by atoms with van der Waals surface area (Å²) < 4.78 is 5.33. The molecule has 0 bridgehead atoms. The summed E-state index contributed by atoms with van der Waals surface area (Å²) in [5, 5.41) is 11.0. The largest absolute Gasteiger partial charge is 0.496 e. The number of H-pyrrole nitrogens is 1. The molecule has 2 aromatic heterocycles. The van der Waals surface area contributed by atoms with E-state index in [1.165, 1.54) is 19.2 Å². The van der Waals surface area contributed by atoms with Gasteiger partial charge < -0.3 is 9.72 Å². The minimum Gasteiger partial charge on any atom is -0.496 e. The molecule has 1 aliphatic rings. The van der Waals surface area contributed by atoms with Crippen LogP contribution in [0.3, 0.4) is 0 Å². The van der Waals surface area contributed by atoms with E-state index < -0.39 is 4.92 Å². The van der Waals surface area contributed by atoms with Gasteiger partial charge in [-0.3, -0.25) is 24.8 Å². The van der Waals surface area contributed by atoms with Crippen molar-refractivity contribution in [1.82, 2.24) is 19.9 Å². The van der Waals surface area contributed by atoms with Crippen molar-refractivity contribution in [2.75, 3.05) is 13.7 Å². The lowest BCUT2D eigenvalue weighted by molar-refractivity contribution is -0.384. The van der Waals surface area contributed by atoms with Crippen LogP contribution in [0.4, 0.5) is 5.69 Å². The molecular weight excluding hydrogens is 374 g/mol. The zero-order valence-electron chi connectivity index (χ0n) is 15.8. The summed E-state index contributed by atoms with van der Waals surface area (Å²) >= 11 is 0. The predicted molar refractivity (Wildman–Crippen MR) is 106 cm³/mol. The topological polar surface area (TPSA) is 114 Å². The first-order valence-electron chi connectivity index (χ1n) is 9.12. The number of fused-ring (bicyclic) bond motifs is 1. The average molecular weight is 393 g/mol. The summed E-state index contributed by atoms with van der Waals surface area (Å²) in [7, 11) is 1.49. The SMILES string of the molecule is COc1cc([N+](=O)[O-])ccc1CN1CCc2c(nc(-c3ccccn3)[nH]c2=O)C1. The van der Waals surface area contributed by atoms with Crippen LogP contribution >= 0.6 is 0 Å². The van der Waals surface area contributed by atoms with Crippen molar-refractivity contribution >= 4 is 5.69 Å². The van der Waals surface area contributed by atoms with Gasteiger partial charge in [-0.1, -0.05) is 6.07 Å². The Labute approximate surface area is 166 Å². The van der Waals surface area contributed by atoms with Gasteiger partial charge in [-0.05, 0) is 24.6 Å². The number of nitrogens with zero attached hydrogens (tertiary/aromatic N) is 4. The molecule has 0 atom stereocenters. The van der Waals surface area contributed by atoms with E-state index in [0.29, 0.717) is 48.9 Å². The van der Waals surface area contributed by atoms with E-state index in [4.69, 9.17) is 4.74 Å². The van der Waals surface area contributed by atoms with Gasteiger partial charge in [-0.15, -0.1) is 0 Å². The molecule has 1 aliphatic heterocycles. The summed E-state index contributed by atoms with van der Waals surface area (Å²) in [6.07, 6.45) is 2.23. The summed E-state index contributed by atoms with van der Waals surface area (Å²) in [5.74, 6) is 0.919. The minimum atomic E-state index is -0.446. The third-order valence-corrected chi connectivity index (χ3v) is 4.94. The lowest BCUT2D eigenvalue weighted by Crippen LogP contribution is -2.35. The second-order valence-electron chi connectivity index (χ2n) is 6.77. The van der Waals surface area contributed by atoms with Crippen LogP contribution in [0.2, 0.25) is 0 Å². The van der Waals surface area contributed by atoms with Gasteiger partial charge in [-0.2, -0.15) is 0 Å². The maximum Gasteiger partial charge on any atom is 0.273 e. The van der Waals surface area contributed by atoms with Gasteiger partial charge >= 0.3 is 0 Å². The van der Waals surface area contributed by atoms with Crippen molar-refractivity contribution in [3.05, 3.63) is 79.9 Å². The first kappa shape index (κ1) is 18.8. The number of aromatic amines is 1. The number of nitro benzene ring substituents is 1. The molecule has 4 rings (SSSR count). The average Bonchev–Trinajstić information content (AvgIpc) is 2.74. The van der Waals surface area contributed by atoms with Crippen molar-refractivity contribution in [1.29, 1.82) is 0 Å². The highest BCUT2D eigenvalue weighted by Gasteiger charge is 2.23. The Kier molecular flexibility index (Phi) is 5.05. The molecule has 9 nitrogen and oxygen atoms in total. The number of hydrogen-bond acceptors (Lipinski definition) is 7. The Morgan fingerprint density at radius 2 is 2.17 bits per heavy atom. The van der Waals surface area contributed by atoms with Crippen LogP contribution in [0.25, 0.3) is 11.5 Å². The number of aromatic nitrogens is 3. The Bertz CT molecular complexity index is 1110. The fourth-order valence-electron chi connectivity index (χ4n) is 3.47. The van der Waals surface area contributed by atoms with Crippen LogP contribution in [0.5, 0.6) is 5.75 Å². The predicted octanol–water partition coefficient (Wildman–Crippen LogP) is 2.31. The lowest BCUT2D eigenvalue weighted by Gasteiger charge is -2.28. The second-order valence-corrected chi connectivity index (χ2v) is 6.77. The smallest absolute Gasteiger partial charge is 0.273 e. The normalized spacial score (nSPS) is 13.7. The number of hydrogen-bond donors (Lipinski definition) is 1. The zero-order valence-corrected chi connectivity index (χ0v) is 15.8. The van der Waals surface area contributed by atoms with Crippen molar-refractivity contribution in [3.63, 3.8) is 0 Å². The number of nitrogens with one attached hydrogen (secondary N) is 1. The second kappa shape index (κ2) is 7.80. The Morgan fingerprint density at radius 3 is 2.90 bits per heavy atom. The van der Waals surface area contributed by atoms with Crippen LogP contribution in [0.15, 0.2) is 47.4 Å². The molecule has 1 aromatic carbocycles. The number of non-ortho nitro benzene ring substituents is 1. The van der Waals surface area contributed by atoms with Gasteiger partial charge in [0.15, 0.2) is 5.82 Å². The highest BCUT2D eigenvalue weighted by Crippen LogP contribution is 2.27. The van der Waals surface area contributed by atoms with Gasteiger partial charge in [0.2, 0.25) is 0 Å². The van der Waals surface area contributed by atoms with Gasteiger partial charge in [0.1, 0.15) is 11.4 Å². The quantitative estimate of drug-likeness (QED) is 0.522. The van der Waals surface area contributed by atoms with Crippen LogP contribution in [-0.2, 0) is 19.5 Å². The van der Waals surface area contributed by atoms with Crippen LogP contribution in [0.1, 0.15) is 16.8 Å². The van der Waals surface area contributed by atoms with E-state index in [9.17, 15) is 14.9 Å². The third kappa shape index (κ3) is 3.85. The number of rotatable bonds is 5. The summed E-state index contributed by atoms with van der Waals surface area (Å²) in [6.45, 7) is 1.72. The molecule has 9 heteroatoms. The lowest BCUT2D eigenvalue weighted by atomic mass is 10.0. The molecule has 0 saturated heterocycles. The van der Waals surface area contributed by atoms with Gasteiger partial charge in [-0.25, -0.2) is 4.98 Å². The van der Waals surface area contributed by atoms with Gasteiger partial charge in [0, 0.05) is 43.0 Å². The number of nitro groups is 1. The van der Waals surface area contributed by atoms with Crippen molar-refractivity contribution in [2.24, 2.45) is 0 Å². The number of benzene rings is 1. The molecule has 0 unspecified atom stereocenters. The zero-order chi connectivity index (χ0) is 20.4. The van der Waals surface area contributed by atoms with E-state index in [1.807, 2.05) is 6.07 Å². The number of methoxy groups -OCH3 is 1. The molecule has 1 N–H and O–H groups in total. The molecule has 3 aromatic rings. The molecule has 0 radical (unpaired) electrons. The molecule has 0 aliphatic carbocycles. The van der Waals surface area contributed by atoms with Crippen LogP contribution in [0, 0.1) is 10.1 Å². The molecule has 0 amide bonds. The van der Waals surface area contributed by atoms with E-state index in [1.54, 1.807) is 24.4 Å². The first-order chi connectivity index (χ1) is 14.0. The monoisotopic (exact) mass is 393 g/mol. The molecule has 3 heterocycles. The summed E-state index contributed by atoms with van der Waals surface area (Å²) in [5.41, 5.74) is 2.72. The first-order valence-corrected chi connectivity index (χ1v) is 9.12. The highest BCUT2D eigenvalue weighted by atomic mass is 16.6. The van der Waals surface area contributed by atoms with Gasteiger partial charge in [0.25, 0.3) is 11.2 Å². The fraction of sp³-hybridized carbons (Fsp3) is 0.250. The molecule has 29 heavy (non-hydrogen) atoms. The Morgan fingerprint density at radius 1 is 1.31 bits per heavy atom. The molecule has 0 fully saturated rings. The van der Waals surface area contributed by atoms with Crippen molar-refractivity contribution in [3.8, 4) is 17.3 Å². The minimum absolute atomic E-state index is 0.0113. The van der Waals surface area contributed by atoms with Crippen LogP contribution < -0.4 is 10.3 Å². The summed E-state index contributed by atoms with van der Waals surface area (Å²) in [6, 6.07) is 10.0. The molecule has 0 spiro atoms. The van der Waals surface area contributed by atoms with Crippen LogP contribution in [-0.4, -0.2) is 38.4 Å². The van der Waals surface area contributed by atoms with E-state index in [0.717, 1.165) is 11.3 Å². The maximum atomic E-state index is 12.5. The van der Waals surface area contributed by atoms with Crippen molar-refractivity contribution < 1.29 is 9.66 Å². The standard InChI is InChI=1S/C20H19N5O4/c1-29-18-10-14(25(27)28)6-5-13(18)11-24-9-7-15-17(12-24)22-19(23-20(15)26)16-4-2-3-8-21-16/h2-6,8,10H,7,9,11-12H2,1H3,(H,22,23,26). The molecule has 148 valence electrons. The van der Waals surface area contributed by atoms with Crippen molar-refractivity contribution in [2.45, 2.75) is 19.5 Å².